The molecule has 0 heterocycles. The number of likely N-dealkylation sites (N-methyl/N-ethyl adjacent to an activating group) is 1. The van der Waals surface area contributed by atoms with Crippen LogP contribution in [0.4, 0.5) is 5.69 Å². The van der Waals surface area contributed by atoms with E-state index in [1.807, 2.05) is 69.4 Å². The lowest BCUT2D eigenvalue weighted by Gasteiger charge is -2.19. The van der Waals surface area contributed by atoms with Crippen LogP contribution in [0.5, 0.6) is 5.75 Å². The average molecular weight is 312 g/mol. The van der Waals surface area contributed by atoms with Gasteiger partial charge in [0.05, 0.1) is 11.7 Å². The molecule has 0 atom stereocenters. The van der Waals surface area contributed by atoms with Crippen molar-refractivity contribution < 1.29 is 9.53 Å². The Bertz CT molecular complexity index is 626. The van der Waals surface area contributed by atoms with Gasteiger partial charge in [-0.25, -0.2) is 0 Å². The second kappa shape index (κ2) is 8.22. The molecule has 0 saturated carbocycles. The first-order valence-electron chi connectivity index (χ1n) is 7.88. The Morgan fingerprint density at radius 3 is 2.43 bits per heavy atom. The van der Waals surface area contributed by atoms with Crippen LogP contribution in [-0.2, 0) is 0 Å². The van der Waals surface area contributed by atoms with Gasteiger partial charge in [0.1, 0.15) is 5.75 Å². The Morgan fingerprint density at radius 1 is 1.09 bits per heavy atom. The predicted molar refractivity (Wildman–Crippen MR) is 94.3 cm³/mol. The zero-order valence-corrected chi connectivity index (χ0v) is 14.0. The fourth-order valence-corrected chi connectivity index (χ4v) is 2.25. The van der Waals surface area contributed by atoms with Crippen LogP contribution in [-0.4, -0.2) is 32.1 Å². The molecule has 0 aliphatic heterocycles. The van der Waals surface area contributed by atoms with E-state index in [1.54, 1.807) is 6.07 Å². The van der Waals surface area contributed by atoms with E-state index < -0.39 is 0 Å². The minimum Gasteiger partial charge on any atom is -0.490 e. The van der Waals surface area contributed by atoms with Gasteiger partial charge in [0.15, 0.2) is 0 Å². The lowest BCUT2D eigenvalue weighted by Crippen LogP contribution is -2.33. The largest absolute Gasteiger partial charge is 0.490 e. The van der Waals surface area contributed by atoms with Crippen LogP contribution in [0, 0.1) is 0 Å². The van der Waals surface area contributed by atoms with Crippen molar-refractivity contribution in [2.45, 2.75) is 20.0 Å². The van der Waals surface area contributed by atoms with E-state index in [1.165, 1.54) is 0 Å². The molecule has 2 rings (SSSR count). The van der Waals surface area contributed by atoms with Crippen LogP contribution < -0.4 is 15.0 Å². The summed E-state index contributed by atoms with van der Waals surface area (Å²) in [6.45, 7) is 5.20. The summed E-state index contributed by atoms with van der Waals surface area (Å²) in [7, 11) is 2.01. The number of carbonyl (C=O) groups excluding carboxylic acids is 1. The molecule has 4 heteroatoms. The molecule has 2 aromatic carbocycles. The molecule has 0 spiro atoms. The second-order valence-corrected chi connectivity index (χ2v) is 5.68. The van der Waals surface area contributed by atoms with Gasteiger partial charge in [-0.15, -0.1) is 0 Å². The van der Waals surface area contributed by atoms with Crippen molar-refractivity contribution in [3.63, 3.8) is 0 Å². The minimum absolute atomic E-state index is 0.0353. The van der Waals surface area contributed by atoms with Gasteiger partial charge in [-0.2, -0.15) is 0 Å². The molecule has 0 aromatic heterocycles. The van der Waals surface area contributed by atoms with Gasteiger partial charge in [-0.3, -0.25) is 4.79 Å². The molecule has 0 fully saturated rings. The van der Waals surface area contributed by atoms with E-state index in [0.717, 1.165) is 12.2 Å². The van der Waals surface area contributed by atoms with Crippen molar-refractivity contribution in [1.82, 2.24) is 5.32 Å². The van der Waals surface area contributed by atoms with Gasteiger partial charge >= 0.3 is 0 Å². The lowest BCUT2D eigenvalue weighted by molar-refractivity contribution is 0.0949. The molecular formula is C19H24N2O2. The highest BCUT2D eigenvalue weighted by atomic mass is 16.5. The number of benzene rings is 2. The van der Waals surface area contributed by atoms with Crippen LogP contribution in [0.15, 0.2) is 54.6 Å². The van der Waals surface area contributed by atoms with E-state index in [2.05, 4.69) is 10.2 Å². The van der Waals surface area contributed by atoms with Crippen LogP contribution in [0.2, 0.25) is 0 Å². The molecule has 0 aliphatic carbocycles. The van der Waals surface area contributed by atoms with Gasteiger partial charge in [0.2, 0.25) is 0 Å². The zero-order valence-electron chi connectivity index (χ0n) is 14.0. The number of anilines is 1. The van der Waals surface area contributed by atoms with E-state index in [-0.39, 0.29) is 12.0 Å². The molecule has 2 aromatic rings. The SMILES string of the molecule is CC(C)Oc1ccccc1C(=O)NCCN(C)c1ccccc1. The Balaban J connectivity index is 1.90. The van der Waals surface area contributed by atoms with Gasteiger partial charge in [0, 0.05) is 25.8 Å². The standard InChI is InChI=1S/C19H24N2O2/c1-15(2)23-18-12-8-7-11-17(18)19(22)20-13-14-21(3)16-9-5-4-6-10-16/h4-12,15H,13-14H2,1-3H3,(H,20,22). The first kappa shape index (κ1) is 16.9. The van der Waals surface area contributed by atoms with Crippen LogP contribution in [0.25, 0.3) is 0 Å². The normalized spacial score (nSPS) is 10.4. The summed E-state index contributed by atoms with van der Waals surface area (Å²) < 4.78 is 5.69. The summed E-state index contributed by atoms with van der Waals surface area (Å²) >= 11 is 0. The predicted octanol–water partition coefficient (Wildman–Crippen LogP) is 3.34. The summed E-state index contributed by atoms with van der Waals surface area (Å²) in [5.74, 6) is 0.513. The molecule has 0 aliphatic rings. The van der Waals surface area contributed by atoms with Crippen LogP contribution in [0.1, 0.15) is 24.2 Å². The molecule has 0 radical (unpaired) electrons. The first-order chi connectivity index (χ1) is 11.1. The number of nitrogens with one attached hydrogen (secondary N) is 1. The highest BCUT2D eigenvalue weighted by molar-refractivity contribution is 5.96. The highest BCUT2D eigenvalue weighted by Crippen LogP contribution is 2.19. The molecule has 0 saturated heterocycles. The molecule has 0 unspecified atom stereocenters. The topological polar surface area (TPSA) is 41.6 Å². The molecule has 1 amide bonds. The average Bonchev–Trinajstić information content (AvgIpc) is 2.55. The third-order valence-electron chi connectivity index (χ3n) is 3.42. The molecule has 1 N–H and O–H groups in total. The fraction of sp³-hybridized carbons (Fsp3) is 0.316. The highest BCUT2D eigenvalue weighted by Gasteiger charge is 2.12. The smallest absolute Gasteiger partial charge is 0.255 e. The van der Waals surface area contributed by atoms with Crippen molar-refractivity contribution >= 4 is 11.6 Å². The maximum Gasteiger partial charge on any atom is 0.255 e. The summed E-state index contributed by atoms with van der Waals surface area (Å²) in [6.07, 6.45) is 0.0353. The van der Waals surface area contributed by atoms with E-state index >= 15 is 0 Å². The van der Waals surface area contributed by atoms with Crippen LogP contribution >= 0.6 is 0 Å². The van der Waals surface area contributed by atoms with Gasteiger partial charge in [-0.1, -0.05) is 30.3 Å². The Morgan fingerprint density at radius 2 is 1.74 bits per heavy atom. The van der Waals surface area contributed by atoms with E-state index in [0.29, 0.717) is 17.9 Å². The van der Waals surface area contributed by atoms with E-state index in [4.69, 9.17) is 4.74 Å². The number of para-hydroxylation sites is 2. The van der Waals surface area contributed by atoms with Crippen molar-refractivity contribution in [3.8, 4) is 5.75 Å². The van der Waals surface area contributed by atoms with Crippen molar-refractivity contribution in [3.05, 3.63) is 60.2 Å². The van der Waals surface area contributed by atoms with Crippen LogP contribution in [0.3, 0.4) is 0 Å². The van der Waals surface area contributed by atoms with Crippen molar-refractivity contribution in [2.75, 3.05) is 25.0 Å². The summed E-state index contributed by atoms with van der Waals surface area (Å²) in [6, 6.07) is 17.4. The number of hydrogen-bond donors (Lipinski definition) is 1. The second-order valence-electron chi connectivity index (χ2n) is 5.68. The van der Waals surface area contributed by atoms with Gasteiger partial charge in [0.25, 0.3) is 5.91 Å². The number of rotatable bonds is 7. The monoisotopic (exact) mass is 312 g/mol. The molecule has 122 valence electrons. The first-order valence-corrected chi connectivity index (χ1v) is 7.88. The Labute approximate surface area is 138 Å². The molecule has 4 nitrogen and oxygen atoms in total. The third kappa shape index (κ3) is 5.02. The fourth-order valence-electron chi connectivity index (χ4n) is 2.25. The number of amides is 1. The van der Waals surface area contributed by atoms with E-state index in [9.17, 15) is 4.79 Å². The Kier molecular flexibility index (Phi) is 6.03. The number of nitrogens with zero attached hydrogens (tertiary/aromatic N) is 1. The van der Waals surface area contributed by atoms with Crippen molar-refractivity contribution in [2.24, 2.45) is 0 Å². The number of carbonyl (C=O) groups is 1. The number of ether oxygens (including phenoxy) is 1. The maximum atomic E-state index is 12.4. The third-order valence-corrected chi connectivity index (χ3v) is 3.42. The quantitative estimate of drug-likeness (QED) is 0.852. The number of hydrogen-bond acceptors (Lipinski definition) is 3. The lowest BCUT2D eigenvalue weighted by atomic mass is 10.2. The van der Waals surface area contributed by atoms with Gasteiger partial charge in [-0.05, 0) is 38.1 Å². The maximum absolute atomic E-state index is 12.4. The Hall–Kier alpha value is -2.49. The molecular weight excluding hydrogens is 288 g/mol. The molecule has 23 heavy (non-hydrogen) atoms. The van der Waals surface area contributed by atoms with Crippen molar-refractivity contribution in [1.29, 1.82) is 0 Å². The summed E-state index contributed by atoms with van der Waals surface area (Å²) in [4.78, 5) is 14.5. The zero-order chi connectivity index (χ0) is 16.7. The molecule has 0 bridgehead atoms. The summed E-state index contributed by atoms with van der Waals surface area (Å²) in [5, 5.41) is 2.95. The van der Waals surface area contributed by atoms with Gasteiger partial charge < -0.3 is 15.0 Å². The summed E-state index contributed by atoms with van der Waals surface area (Å²) in [5.41, 5.74) is 1.70. The minimum atomic E-state index is -0.109.